The summed E-state index contributed by atoms with van der Waals surface area (Å²) in [6.07, 6.45) is 5.74. The second kappa shape index (κ2) is 6.83. The third kappa shape index (κ3) is 3.90. The predicted molar refractivity (Wildman–Crippen MR) is 90.6 cm³/mol. The number of aryl methyl sites for hydroxylation is 1. The monoisotopic (exact) mass is 318 g/mol. The Hall–Kier alpha value is -2.34. The van der Waals surface area contributed by atoms with Gasteiger partial charge in [0, 0.05) is 20.1 Å². The SMILES string of the molecule is C1CC2CC2N1.Cc1ccc(NC=O)cc1-c1ncc(F)cn1.[HH].[HH]. The molecule has 2 atom stereocenters. The molecule has 0 radical (unpaired) electrons. The van der Waals surface area contributed by atoms with Gasteiger partial charge in [-0.15, -0.1) is 0 Å². The van der Waals surface area contributed by atoms with Gasteiger partial charge in [-0.1, -0.05) is 6.07 Å². The number of halogens is 1. The van der Waals surface area contributed by atoms with Gasteiger partial charge in [-0.2, -0.15) is 0 Å². The molecule has 1 saturated carbocycles. The fourth-order valence-corrected chi connectivity index (χ4v) is 2.74. The lowest BCUT2D eigenvalue weighted by molar-refractivity contribution is -0.105. The van der Waals surface area contributed by atoms with E-state index in [1.807, 2.05) is 13.0 Å². The van der Waals surface area contributed by atoms with E-state index in [0.717, 1.165) is 35.5 Å². The average Bonchev–Trinajstić information content (AvgIpc) is 3.16. The van der Waals surface area contributed by atoms with Crippen molar-refractivity contribution in [2.24, 2.45) is 5.92 Å². The third-order valence-corrected chi connectivity index (χ3v) is 4.17. The second-order valence-corrected chi connectivity index (χ2v) is 5.86. The van der Waals surface area contributed by atoms with E-state index in [4.69, 9.17) is 0 Å². The van der Waals surface area contributed by atoms with Crippen LogP contribution in [0.5, 0.6) is 0 Å². The zero-order valence-corrected chi connectivity index (χ0v) is 12.9. The Morgan fingerprint density at radius 1 is 1.39 bits per heavy atom. The van der Waals surface area contributed by atoms with E-state index in [-0.39, 0.29) is 2.85 Å². The van der Waals surface area contributed by atoms with E-state index in [2.05, 4.69) is 20.6 Å². The van der Waals surface area contributed by atoms with Crippen molar-refractivity contribution < 1.29 is 12.0 Å². The van der Waals surface area contributed by atoms with Crippen molar-refractivity contribution >= 4 is 12.1 Å². The lowest BCUT2D eigenvalue weighted by Crippen LogP contribution is -2.10. The van der Waals surface area contributed by atoms with Crippen molar-refractivity contribution in [2.75, 3.05) is 11.9 Å². The summed E-state index contributed by atoms with van der Waals surface area (Å²) in [5.74, 6) is 1.05. The van der Waals surface area contributed by atoms with E-state index >= 15 is 0 Å². The number of carbonyl (C=O) groups is 1. The fourth-order valence-electron chi connectivity index (χ4n) is 2.74. The average molecular weight is 318 g/mol. The van der Waals surface area contributed by atoms with Crippen molar-refractivity contribution in [2.45, 2.75) is 25.8 Å². The topological polar surface area (TPSA) is 66.9 Å². The van der Waals surface area contributed by atoms with Crippen molar-refractivity contribution in [1.29, 1.82) is 0 Å². The van der Waals surface area contributed by atoms with Gasteiger partial charge in [0.25, 0.3) is 0 Å². The first-order chi connectivity index (χ1) is 11.2. The van der Waals surface area contributed by atoms with Gasteiger partial charge in [-0.05, 0) is 49.9 Å². The van der Waals surface area contributed by atoms with E-state index < -0.39 is 5.82 Å². The summed E-state index contributed by atoms with van der Waals surface area (Å²) >= 11 is 0. The quantitative estimate of drug-likeness (QED) is 0.854. The van der Waals surface area contributed by atoms with Crippen LogP contribution in [0.15, 0.2) is 30.6 Å². The maximum Gasteiger partial charge on any atom is 0.211 e. The van der Waals surface area contributed by atoms with Crippen molar-refractivity contribution in [3.63, 3.8) is 0 Å². The normalized spacial score (nSPS) is 21.0. The molecule has 1 saturated heterocycles. The van der Waals surface area contributed by atoms with Crippen molar-refractivity contribution in [3.8, 4) is 11.4 Å². The van der Waals surface area contributed by atoms with E-state index in [1.165, 1.54) is 19.4 Å². The van der Waals surface area contributed by atoms with Gasteiger partial charge < -0.3 is 10.6 Å². The molecule has 2 aromatic rings. The molecule has 2 heterocycles. The summed E-state index contributed by atoms with van der Waals surface area (Å²) < 4.78 is 12.7. The Kier molecular flexibility index (Phi) is 4.62. The Morgan fingerprint density at radius 2 is 2.17 bits per heavy atom. The Morgan fingerprint density at radius 3 is 2.70 bits per heavy atom. The van der Waals surface area contributed by atoms with E-state index in [0.29, 0.717) is 17.9 Å². The number of piperidine rings is 1. The molecule has 1 aromatic heterocycles. The highest BCUT2D eigenvalue weighted by Crippen LogP contribution is 2.37. The number of carbonyl (C=O) groups excluding carboxylic acids is 1. The second-order valence-electron chi connectivity index (χ2n) is 5.86. The molecular formula is C17H23FN4O. The van der Waals surface area contributed by atoms with Crippen LogP contribution < -0.4 is 10.6 Å². The number of aromatic nitrogens is 2. The van der Waals surface area contributed by atoms with Gasteiger partial charge in [0.2, 0.25) is 6.41 Å². The number of fused-ring (bicyclic) bond motifs is 1. The van der Waals surface area contributed by atoms with Gasteiger partial charge in [0.05, 0.1) is 12.4 Å². The summed E-state index contributed by atoms with van der Waals surface area (Å²) in [7, 11) is 0. The predicted octanol–water partition coefficient (Wildman–Crippen LogP) is 3.02. The van der Waals surface area contributed by atoms with Crippen molar-refractivity contribution in [1.82, 2.24) is 15.3 Å². The Bertz CT molecular complexity index is 692. The van der Waals surface area contributed by atoms with E-state index in [9.17, 15) is 9.18 Å². The number of hydrogen-bond donors (Lipinski definition) is 2. The number of amides is 1. The number of benzene rings is 1. The summed E-state index contributed by atoms with van der Waals surface area (Å²) in [4.78, 5) is 18.2. The molecule has 0 bridgehead atoms. The molecule has 1 aliphatic heterocycles. The first-order valence-corrected chi connectivity index (χ1v) is 7.69. The molecule has 23 heavy (non-hydrogen) atoms. The summed E-state index contributed by atoms with van der Waals surface area (Å²) in [6, 6.07) is 6.33. The van der Waals surface area contributed by atoms with Crippen LogP contribution in [-0.2, 0) is 4.79 Å². The van der Waals surface area contributed by atoms with E-state index in [1.54, 1.807) is 12.1 Å². The molecule has 1 amide bonds. The maximum absolute atomic E-state index is 12.7. The Balaban J connectivity index is 0.000000327. The lowest BCUT2D eigenvalue weighted by Gasteiger charge is -2.06. The number of hydrogen-bond acceptors (Lipinski definition) is 4. The molecule has 5 nitrogen and oxygen atoms in total. The minimum absolute atomic E-state index is 0. The zero-order chi connectivity index (χ0) is 16.2. The van der Waals surface area contributed by atoms with Crippen LogP contribution in [0, 0.1) is 18.7 Å². The van der Waals surface area contributed by atoms with Crippen LogP contribution in [0.2, 0.25) is 0 Å². The molecule has 1 aromatic carbocycles. The molecule has 6 heteroatoms. The number of rotatable bonds is 3. The highest BCUT2D eigenvalue weighted by molar-refractivity contribution is 5.75. The Labute approximate surface area is 137 Å². The molecule has 0 spiro atoms. The van der Waals surface area contributed by atoms with Gasteiger partial charge in [0.1, 0.15) is 0 Å². The molecule has 124 valence electrons. The first-order valence-electron chi connectivity index (χ1n) is 7.69. The third-order valence-electron chi connectivity index (χ3n) is 4.17. The molecule has 4 rings (SSSR count). The van der Waals surface area contributed by atoms with Crippen LogP contribution in [0.1, 0.15) is 21.3 Å². The first kappa shape index (κ1) is 15.6. The molecule has 2 fully saturated rings. The number of nitrogens with zero attached hydrogens (tertiary/aromatic N) is 2. The highest BCUT2D eigenvalue weighted by Gasteiger charge is 2.40. The van der Waals surface area contributed by atoms with Crippen LogP contribution in [0.25, 0.3) is 11.4 Å². The minimum Gasteiger partial charge on any atom is -0.329 e. The number of nitrogens with one attached hydrogen (secondary N) is 2. The molecular weight excluding hydrogens is 295 g/mol. The van der Waals surface area contributed by atoms with Gasteiger partial charge in [0.15, 0.2) is 11.6 Å². The smallest absolute Gasteiger partial charge is 0.211 e. The van der Waals surface area contributed by atoms with Gasteiger partial charge in [-0.25, -0.2) is 14.4 Å². The molecule has 1 aliphatic carbocycles. The maximum atomic E-state index is 12.7. The van der Waals surface area contributed by atoms with Crippen LogP contribution in [0.3, 0.4) is 0 Å². The lowest BCUT2D eigenvalue weighted by atomic mass is 10.1. The fraction of sp³-hybridized carbons (Fsp3) is 0.353. The zero-order valence-electron chi connectivity index (χ0n) is 12.9. The number of anilines is 1. The summed E-state index contributed by atoms with van der Waals surface area (Å²) in [5, 5.41) is 5.94. The van der Waals surface area contributed by atoms with Crippen LogP contribution >= 0.6 is 0 Å². The van der Waals surface area contributed by atoms with Crippen molar-refractivity contribution in [3.05, 3.63) is 42.0 Å². The van der Waals surface area contributed by atoms with Gasteiger partial charge in [-0.3, -0.25) is 4.79 Å². The minimum atomic E-state index is -0.478. The highest BCUT2D eigenvalue weighted by atomic mass is 19.1. The summed E-state index contributed by atoms with van der Waals surface area (Å²) in [5.41, 5.74) is 2.36. The van der Waals surface area contributed by atoms with Gasteiger partial charge >= 0.3 is 0 Å². The van der Waals surface area contributed by atoms with Crippen LogP contribution in [0.4, 0.5) is 10.1 Å². The van der Waals surface area contributed by atoms with Crippen LogP contribution in [-0.4, -0.2) is 29.0 Å². The summed E-state index contributed by atoms with van der Waals surface area (Å²) in [6.45, 7) is 3.18. The molecule has 2 N–H and O–H groups in total. The largest absolute Gasteiger partial charge is 0.329 e. The standard InChI is InChI=1S/C12H10FN3O.C5H9N.2H2/c1-8-2-3-10(16-7-17)4-11(8)12-14-5-9(13)6-15-12;1-2-6-5-3-4(1)5;;/h2-7H,1H3,(H,16,17);4-6H,1-3H2;2*1H. The molecule has 2 unspecified atom stereocenters. The molecule has 2 aliphatic rings.